The standard InChI is InChI=1S/C24H19Cl2NO2/c1-24(2)10-16-19(17(28)11-24)18(14-8-5-9-15(25)21(14)26)20-22(27-16)12-6-3-4-7-13(12)23(20)29/h3-9,18,20H,10-11H2,1-2H3/t18-,20-/m0/s1. The van der Waals surface area contributed by atoms with E-state index >= 15 is 0 Å². The van der Waals surface area contributed by atoms with Crippen LogP contribution in [-0.4, -0.2) is 17.3 Å². The van der Waals surface area contributed by atoms with Crippen LogP contribution >= 0.6 is 23.2 Å². The van der Waals surface area contributed by atoms with Crippen molar-refractivity contribution in [3.63, 3.8) is 0 Å². The molecule has 0 saturated heterocycles. The Bertz CT molecular complexity index is 1160. The lowest BCUT2D eigenvalue weighted by atomic mass is 9.66. The quantitative estimate of drug-likeness (QED) is 0.561. The number of aliphatic imine (C=N–C) groups is 1. The van der Waals surface area contributed by atoms with E-state index in [1.807, 2.05) is 36.4 Å². The Morgan fingerprint density at radius 3 is 2.41 bits per heavy atom. The lowest BCUT2D eigenvalue weighted by molar-refractivity contribution is -0.118. The van der Waals surface area contributed by atoms with Crippen molar-refractivity contribution in [3.8, 4) is 0 Å². The Morgan fingerprint density at radius 2 is 1.66 bits per heavy atom. The van der Waals surface area contributed by atoms with Gasteiger partial charge in [-0.15, -0.1) is 0 Å². The molecule has 2 aromatic carbocycles. The number of nitrogens with zero attached hydrogens (tertiary/aromatic N) is 1. The summed E-state index contributed by atoms with van der Waals surface area (Å²) < 4.78 is 0. The molecule has 3 aliphatic rings. The van der Waals surface area contributed by atoms with Crippen LogP contribution in [0.5, 0.6) is 0 Å². The van der Waals surface area contributed by atoms with Gasteiger partial charge in [0.05, 0.1) is 21.7 Å². The van der Waals surface area contributed by atoms with Crippen LogP contribution in [0.3, 0.4) is 0 Å². The molecule has 29 heavy (non-hydrogen) atoms. The molecule has 2 aliphatic carbocycles. The smallest absolute Gasteiger partial charge is 0.173 e. The van der Waals surface area contributed by atoms with Gasteiger partial charge in [-0.25, -0.2) is 0 Å². The maximum Gasteiger partial charge on any atom is 0.173 e. The Labute approximate surface area is 179 Å². The highest BCUT2D eigenvalue weighted by atomic mass is 35.5. The van der Waals surface area contributed by atoms with E-state index in [0.717, 1.165) is 22.5 Å². The number of hydrogen-bond acceptors (Lipinski definition) is 3. The van der Waals surface area contributed by atoms with Crippen molar-refractivity contribution in [2.24, 2.45) is 16.3 Å². The molecule has 0 amide bonds. The Hall–Kier alpha value is -2.23. The minimum atomic E-state index is -0.549. The Balaban J connectivity index is 1.80. The van der Waals surface area contributed by atoms with Crippen molar-refractivity contribution >= 4 is 40.5 Å². The van der Waals surface area contributed by atoms with E-state index in [1.54, 1.807) is 6.07 Å². The summed E-state index contributed by atoms with van der Waals surface area (Å²) in [6, 6.07) is 13.0. The van der Waals surface area contributed by atoms with Crippen molar-refractivity contribution in [3.05, 3.63) is 80.5 Å². The van der Waals surface area contributed by atoms with E-state index in [0.29, 0.717) is 34.0 Å². The molecule has 0 saturated carbocycles. The molecule has 1 aliphatic heterocycles. The van der Waals surface area contributed by atoms with Crippen molar-refractivity contribution < 1.29 is 9.59 Å². The molecule has 3 nitrogen and oxygen atoms in total. The molecule has 1 heterocycles. The highest BCUT2D eigenvalue weighted by Crippen LogP contribution is 2.52. The molecule has 146 valence electrons. The molecule has 0 bridgehead atoms. The third-order valence-corrected chi connectivity index (χ3v) is 6.99. The first-order valence-corrected chi connectivity index (χ1v) is 10.5. The summed E-state index contributed by atoms with van der Waals surface area (Å²) >= 11 is 12.9. The first-order chi connectivity index (χ1) is 13.8. The zero-order valence-electron chi connectivity index (χ0n) is 16.1. The first-order valence-electron chi connectivity index (χ1n) is 9.71. The van der Waals surface area contributed by atoms with Gasteiger partial charge >= 0.3 is 0 Å². The number of ketones is 2. The average Bonchev–Trinajstić information content (AvgIpc) is 2.94. The van der Waals surface area contributed by atoms with Crippen LogP contribution in [0.4, 0.5) is 0 Å². The highest BCUT2D eigenvalue weighted by molar-refractivity contribution is 6.42. The Morgan fingerprint density at radius 1 is 0.931 bits per heavy atom. The zero-order chi connectivity index (χ0) is 20.5. The van der Waals surface area contributed by atoms with Crippen molar-refractivity contribution in [1.82, 2.24) is 0 Å². The number of fused-ring (bicyclic) bond motifs is 3. The van der Waals surface area contributed by atoms with E-state index in [9.17, 15) is 9.59 Å². The molecule has 0 unspecified atom stereocenters. The van der Waals surface area contributed by atoms with Gasteiger partial charge in [0.1, 0.15) is 0 Å². The maximum atomic E-state index is 13.4. The summed E-state index contributed by atoms with van der Waals surface area (Å²) in [5.74, 6) is -0.979. The van der Waals surface area contributed by atoms with Gasteiger partial charge in [0.25, 0.3) is 0 Å². The van der Waals surface area contributed by atoms with Crippen LogP contribution in [0.15, 0.2) is 58.7 Å². The maximum absolute atomic E-state index is 13.4. The fraction of sp³-hybridized carbons (Fsp3) is 0.292. The third kappa shape index (κ3) is 2.75. The Kier molecular flexibility index (Phi) is 4.13. The number of rotatable bonds is 1. The van der Waals surface area contributed by atoms with Crippen LogP contribution in [0.1, 0.15) is 54.1 Å². The van der Waals surface area contributed by atoms with Gasteiger partial charge in [-0.2, -0.15) is 0 Å². The van der Waals surface area contributed by atoms with E-state index in [2.05, 4.69) is 13.8 Å². The highest BCUT2D eigenvalue weighted by Gasteiger charge is 2.50. The minimum Gasteiger partial charge on any atom is -0.294 e. The summed E-state index contributed by atoms with van der Waals surface area (Å²) in [6.45, 7) is 4.16. The SMILES string of the molecule is CC1(C)CC(=O)C2=C(C1)N=C1c3ccccc3C(=O)[C@H]1[C@H]2c1cccc(Cl)c1Cl. The summed E-state index contributed by atoms with van der Waals surface area (Å²) in [6.07, 6.45) is 1.12. The van der Waals surface area contributed by atoms with Crippen molar-refractivity contribution in [1.29, 1.82) is 0 Å². The van der Waals surface area contributed by atoms with Gasteiger partial charge in [-0.3, -0.25) is 14.6 Å². The zero-order valence-corrected chi connectivity index (χ0v) is 17.6. The van der Waals surface area contributed by atoms with Gasteiger partial charge in [0, 0.05) is 34.7 Å². The van der Waals surface area contributed by atoms with Gasteiger partial charge in [0.15, 0.2) is 11.6 Å². The number of carbonyl (C=O) groups excluding carboxylic acids is 2. The number of carbonyl (C=O) groups is 2. The van der Waals surface area contributed by atoms with Gasteiger partial charge in [-0.1, -0.05) is 73.4 Å². The van der Waals surface area contributed by atoms with E-state index in [4.69, 9.17) is 28.2 Å². The minimum absolute atomic E-state index is 0.00965. The average molecular weight is 424 g/mol. The molecular weight excluding hydrogens is 405 g/mol. The van der Waals surface area contributed by atoms with Gasteiger partial charge in [0.2, 0.25) is 0 Å². The van der Waals surface area contributed by atoms with Crippen molar-refractivity contribution in [2.45, 2.75) is 32.6 Å². The van der Waals surface area contributed by atoms with E-state index < -0.39 is 11.8 Å². The summed E-state index contributed by atoms with van der Waals surface area (Å²) in [5.41, 5.74) is 4.22. The second-order valence-corrected chi connectivity index (χ2v) is 9.59. The van der Waals surface area contributed by atoms with Gasteiger partial charge < -0.3 is 0 Å². The molecule has 5 rings (SSSR count). The van der Waals surface area contributed by atoms with Crippen LogP contribution in [0, 0.1) is 11.3 Å². The molecule has 0 radical (unpaired) electrons. The molecule has 2 atom stereocenters. The lowest BCUT2D eigenvalue weighted by Gasteiger charge is -2.38. The second-order valence-electron chi connectivity index (χ2n) is 8.81. The number of hydrogen-bond donors (Lipinski definition) is 0. The first kappa shape index (κ1) is 18.8. The molecule has 2 aromatic rings. The molecule has 0 N–H and O–H groups in total. The van der Waals surface area contributed by atoms with E-state index in [-0.39, 0.29) is 17.0 Å². The number of benzene rings is 2. The van der Waals surface area contributed by atoms with Crippen molar-refractivity contribution in [2.75, 3.05) is 0 Å². The second kappa shape index (κ2) is 6.38. The molecule has 0 aromatic heterocycles. The third-order valence-electron chi connectivity index (χ3n) is 6.16. The number of halogens is 2. The van der Waals surface area contributed by atoms with Crippen LogP contribution in [0.2, 0.25) is 10.0 Å². The summed E-state index contributed by atoms with van der Waals surface area (Å²) in [7, 11) is 0. The lowest BCUT2D eigenvalue weighted by Crippen LogP contribution is -2.37. The molecule has 0 spiro atoms. The largest absolute Gasteiger partial charge is 0.294 e. The van der Waals surface area contributed by atoms with Gasteiger partial charge in [-0.05, 0) is 23.5 Å². The number of Topliss-reactive ketones (excluding diaryl/α,β-unsaturated/α-hetero) is 2. The summed E-state index contributed by atoms with van der Waals surface area (Å²) in [4.78, 5) is 31.6. The normalized spacial score (nSPS) is 24.8. The number of allylic oxidation sites excluding steroid dienone is 2. The predicted molar refractivity (Wildman–Crippen MR) is 115 cm³/mol. The predicted octanol–water partition coefficient (Wildman–Crippen LogP) is 6.04. The molecule has 0 fully saturated rings. The molecule has 5 heteroatoms. The fourth-order valence-electron chi connectivity index (χ4n) is 4.98. The fourth-order valence-corrected chi connectivity index (χ4v) is 5.41. The topological polar surface area (TPSA) is 46.5 Å². The van der Waals surface area contributed by atoms with E-state index in [1.165, 1.54) is 0 Å². The van der Waals surface area contributed by atoms with Crippen LogP contribution in [-0.2, 0) is 4.79 Å². The van der Waals surface area contributed by atoms with Crippen LogP contribution < -0.4 is 0 Å². The monoisotopic (exact) mass is 423 g/mol. The molecular formula is C24H19Cl2NO2. The van der Waals surface area contributed by atoms with Crippen LogP contribution in [0.25, 0.3) is 0 Å². The summed E-state index contributed by atoms with van der Waals surface area (Å²) in [5, 5.41) is 0.815.